The Balaban J connectivity index is 3.31. The lowest BCUT2D eigenvalue weighted by atomic mass is 10.1. The van der Waals surface area contributed by atoms with Gasteiger partial charge >= 0.3 is 11.9 Å². The molecule has 5 heteroatoms. The van der Waals surface area contributed by atoms with Crippen LogP contribution in [-0.2, 0) is 4.79 Å². The van der Waals surface area contributed by atoms with E-state index in [0.29, 0.717) is 11.3 Å². The van der Waals surface area contributed by atoms with Crippen LogP contribution in [0.4, 0.5) is 5.69 Å². The first-order chi connectivity index (χ1) is 7.47. The van der Waals surface area contributed by atoms with Crippen molar-refractivity contribution in [1.29, 1.82) is 0 Å². The Morgan fingerprint density at radius 2 is 2.12 bits per heavy atom. The Labute approximate surface area is 92.1 Å². The summed E-state index contributed by atoms with van der Waals surface area (Å²) in [6, 6.07) is 2.74. The van der Waals surface area contributed by atoms with E-state index in [-0.39, 0.29) is 11.3 Å². The van der Waals surface area contributed by atoms with E-state index in [9.17, 15) is 9.59 Å². The maximum absolute atomic E-state index is 11.0. The molecule has 16 heavy (non-hydrogen) atoms. The van der Waals surface area contributed by atoms with E-state index in [1.165, 1.54) is 12.1 Å². The molecule has 0 amide bonds. The van der Waals surface area contributed by atoms with Gasteiger partial charge in [0, 0.05) is 17.3 Å². The van der Waals surface area contributed by atoms with E-state index in [0.717, 1.165) is 6.08 Å². The van der Waals surface area contributed by atoms with Crippen molar-refractivity contribution in [2.45, 2.75) is 6.92 Å². The van der Waals surface area contributed by atoms with E-state index in [1.807, 2.05) is 0 Å². The smallest absolute Gasteiger partial charge is 0.339 e. The lowest BCUT2D eigenvalue weighted by molar-refractivity contribution is -0.129. The summed E-state index contributed by atoms with van der Waals surface area (Å²) >= 11 is 0. The molecule has 5 nitrogen and oxygen atoms in total. The van der Waals surface area contributed by atoms with Crippen molar-refractivity contribution in [3.8, 4) is 5.75 Å². The van der Waals surface area contributed by atoms with Crippen molar-refractivity contribution >= 4 is 17.6 Å². The molecule has 84 valence electrons. The van der Waals surface area contributed by atoms with Gasteiger partial charge in [0.15, 0.2) is 5.75 Å². The number of nitrogens with two attached hydrogens (primary N) is 1. The highest BCUT2D eigenvalue weighted by Gasteiger charge is 2.17. The normalized spacial score (nSPS) is 9.56. The van der Waals surface area contributed by atoms with Gasteiger partial charge in [-0.15, -0.1) is 0 Å². The van der Waals surface area contributed by atoms with Crippen LogP contribution < -0.4 is 10.5 Å². The number of carbonyl (C=O) groups is 2. The first-order valence-corrected chi connectivity index (χ1v) is 4.44. The minimum atomic E-state index is -1.19. The predicted octanol–water partition coefficient (Wildman–Crippen LogP) is 1.37. The zero-order chi connectivity index (χ0) is 12.3. The van der Waals surface area contributed by atoms with E-state index >= 15 is 0 Å². The summed E-state index contributed by atoms with van der Waals surface area (Å²) in [6.45, 7) is 4.81. The topological polar surface area (TPSA) is 89.6 Å². The van der Waals surface area contributed by atoms with Gasteiger partial charge in [0.25, 0.3) is 0 Å². The molecule has 0 radical (unpaired) electrons. The zero-order valence-electron chi connectivity index (χ0n) is 8.69. The van der Waals surface area contributed by atoms with Crippen molar-refractivity contribution in [3.05, 3.63) is 35.9 Å². The Bertz CT molecular complexity index is 465. The minimum absolute atomic E-state index is 0.0441. The fraction of sp³-hybridized carbons (Fsp3) is 0.0909. The monoisotopic (exact) mass is 221 g/mol. The van der Waals surface area contributed by atoms with Crippen LogP contribution in [-0.4, -0.2) is 17.0 Å². The number of hydrogen-bond donors (Lipinski definition) is 2. The number of carbonyl (C=O) groups excluding carboxylic acids is 1. The van der Waals surface area contributed by atoms with Gasteiger partial charge in [-0.05, 0) is 19.1 Å². The molecule has 0 aliphatic rings. The number of carboxylic acid groups (broad SMARTS) is 1. The standard InChI is InChI=1S/C11H11NO4/c1-3-9(13)16-10-6(2)8(12)5-4-7(10)11(14)15/h3-5H,1,12H2,2H3,(H,14,15). The molecule has 0 heterocycles. The van der Waals surface area contributed by atoms with Crippen LogP contribution >= 0.6 is 0 Å². The van der Waals surface area contributed by atoms with E-state index in [2.05, 4.69) is 6.58 Å². The summed E-state index contributed by atoms with van der Waals surface area (Å²) < 4.78 is 4.85. The third-order valence-electron chi connectivity index (χ3n) is 2.05. The number of rotatable bonds is 3. The predicted molar refractivity (Wildman–Crippen MR) is 58.4 cm³/mol. The molecule has 0 aromatic heterocycles. The van der Waals surface area contributed by atoms with Crippen molar-refractivity contribution in [1.82, 2.24) is 0 Å². The largest absolute Gasteiger partial charge is 0.478 e. The maximum Gasteiger partial charge on any atom is 0.339 e. The number of anilines is 1. The summed E-state index contributed by atoms with van der Waals surface area (Å²) in [6.07, 6.45) is 0.953. The Morgan fingerprint density at radius 1 is 1.50 bits per heavy atom. The molecule has 0 aliphatic heterocycles. The number of benzene rings is 1. The Hall–Kier alpha value is -2.30. The molecule has 0 fully saturated rings. The van der Waals surface area contributed by atoms with Gasteiger partial charge in [-0.1, -0.05) is 6.58 Å². The Kier molecular flexibility index (Phi) is 3.30. The average molecular weight is 221 g/mol. The SMILES string of the molecule is C=CC(=O)Oc1c(C(=O)O)ccc(N)c1C. The van der Waals surface area contributed by atoms with E-state index in [4.69, 9.17) is 15.6 Å². The second kappa shape index (κ2) is 4.48. The third kappa shape index (κ3) is 2.20. The van der Waals surface area contributed by atoms with Crippen molar-refractivity contribution in [2.75, 3.05) is 5.73 Å². The highest BCUT2D eigenvalue weighted by Crippen LogP contribution is 2.28. The van der Waals surface area contributed by atoms with Gasteiger partial charge < -0.3 is 15.6 Å². The maximum atomic E-state index is 11.0. The minimum Gasteiger partial charge on any atom is -0.478 e. The number of aromatic carboxylic acids is 1. The second-order valence-electron chi connectivity index (χ2n) is 3.09. The van der Waals surface area contributed by atoms with E-state index < -0.39 is 11.9 Å². The van der Waals surface area contributed by atoms with Crippen LogP contribution in [0.1, 0.15) is 15.9 Å². The molecule has 0 saturated heterocycles. The fourth-order valence-corrected chi connectivity index (χ4v) is 1.15. The van der Waals surface area contributed by atoms with Crippen molar-refractivity contribution in [3.63, 3.8) is 0 Å². The molecule has 1 rings (SSSR count). The summed E-state index contributed by atoms with van der Waals surface area (Å²) in [5.74, 6) is -1.96. The van der Waals surface area contributed by atoms with Gasteiger partial charge in [0.05, 0.1) is 0 Å². The van der Waals surface area contributed by atoms with Crippen molar-refractivity contribution in [2.24, 2.45) is 0 Å². The second-order valence-corrected chi connectivity index (χ2v) is 3.09. The molecule has 1 aromatic rings. The van der Waals surface area contributed by atoms with Crippen LogP contribution in [0.2, 0.25) is 0 Å². The first-order valence-electron chi connectivity index (χ1n) is 4.44. The first kappa shape index (κ1) is 11.8. The lowest BCUT2D eigenvalue weighted by Gasteiger charge is -2.10. The molecule has 0 unspecified atom stereocenters. The van der Waals surface area contributed by atoms with Gasteiger partial charge in [-0.25, -0.2) is 9.59 Å². The lowest BCUT2D eigenvalue weighted by Crippen LogP contribution is -2.10. The Morgan fingerprint density at radius 3 is 2.62 bits per heavy atom. The highest BCUT2D eigenvalue weighted by atomic mass is 16.5. The van der Waals surface area contributed by atoms with Crippen molar-refractivity contribution < 1.29 is 19.4 Å². The van der Waals surface area contributed by atoms with Gasteiger partial charge in [-0.2, -0.15) is 0 Å². The summed E-state index contributed by atoms with van der Waals surface area (Å²) in [5.41, 5.74) is 6.26. The third-order valence-corrected chi connectivity index (χ3v) is 2.05. The van der Waals surface area contributed by atoms with Gasteiger partial charge in [0.2, 0.25) is 0 Å². The van der Waals surface area contributed by atoms with Crippen LogP contribution in [0.25, 0.3) is 0 Å². The van der Waals surface area contributed by atoms with Crippen LogP contribution in [0.3, 0.4) is 0 Å². The fourth-order valence-electron chi connectivity index (χ4n) is 1.15. The molecule has 0 atom stereocenters. The number of hydrogen-bond acceptors (Lipinski definition) is 4. The number of nitrogen functional groups attached to an aromatic ring is 1. The van der Waals surface area contributed by atoms with Gasteiger partial charge in [-0.3, -0.25) is 0 Å². The van der Waals surface area contributed by atoms with Crippen LogP contribution in [0.15, 0.2) is 24.8 Å². The molecular formula is C11H11NO4. The van der Waals surface area contributed by atoms with Crippen LogP contribution in [0.5, 0.6) is 5.75 Å². The molecular weight excluding hydrogens is 210 g/mol. The van der Waals surface area contributed by atoms with E-state index in [1.54, 1.807) is 6.92 Å². The molecule has 3 N–H and O–H groups in total. The molecule has 0 spiro atoms. The summed E-state index contributed by atoms with van der Waals surface area (Å²) in [5, 5.41) is 8.91. The number of carboxylic acids is 1. The molecule has 1 aromatic carbocycles. The summed E-state index contributed by atoms with van der Waals surface area (Å²) in [7, 11) is 0. The zero-order valence-corrected chi connectivity index (χ0v) is 8.69. The van der Waals surface area contributed by atoms with Crippen LogP contribution in [0, 0.1) is 6.92 Å². The summed E-state index contributed by atoms with van der Waals surface area (Å²) in [4.78, 5) is 21.9. The number of esters is 1. The molecule has 0 aliphatic carbocycles. The van der Waals surface area contributed by atoms with Gasteiger partial charge in [0.1, 0.15) is 5.56 Å². The molecule has 0 bridgehead atoms. The quantitative estimate of drug-likeness (QED) is 0.348. The highest BCUT2D eigenvalue weighted by molar-refractivity contribution is 5.94. The molecule has 0 saturated carbocycles. The average Bonchev–Trinajstić information content (AvgIpc) is 2.24. The number of ether oxygens (including phenoxy) is 1.